The Bertz CT molecular complexity index is 658. The van der Waals surface area contributed by atoms with E-state index in [1.165, 1.54) is 43.0 Å². The molecule has 2 unspecified atom stereocenters. The fourth-order valence-electron chi connectivity index (χ4n) is 3.37. The Balaban J connectivity index is 1.74. The van der Waals surface area contributed by atoms with Crippen LogP contribution in [0.3, 0.4) is 0 Å². The summed E-state index contributed by atoms with van der Waals surface area (Å²) in [6.07, 6.45) is 10.7. The molecule has 1 aromatic rings. The van der Waals surface area contributed by atoms with Crippen LogP contribution in [0.15, 0.2) is 11.1 Å². The first kappa shape index (κ1) is 22.4. The van der Waals surface area contributed by atoms with Crippen LogP contribution in [0.4, 0.5) is 0 Å². The Morgan fingerprint density at radius 1 is 1.26 bits per heavy atom. The van der Waals surface area contributed by atoms with Gasteiger partial charge in [-0.25, -0.2) is 4.98 Å². The monoisotopic (exact) mass is 408 g/mol. The molecule has 4 nitrogen and oxygen atoms in total. The van der Waals surface area contributed by atoms with Gasteiger partial charge in [-0.1, -0.05) is 39.0 Å². The molecule has 0 spiro atoms. The van der Waals surface area contributed by atoms with Gasteiger partial charge in [-0.3, -0.25) is 4.21 Å². The molecule has 2 atom stereocenters. The third-order valence-electron chi connectivity index (χ3n) is 4.90. The maximum atomic E-state index is 12.1. The average molecular weight is 409 g/mol. The summed E-state index contributed by atoms with van der Waals surface area (Å²) in [5.41, 5.74) is 2.90. The van der Waals surface area contributed by atoms with Crippen LogP contribution in [-0.2, 0) is 23.6 Å². The summed E-state index contributed by atoms with van der Waals surface area (Å²) in [4.78, 5) is 4.67. The van der Waals surface area contributed by atoms with Gasteiger partial charge in [0.15, 0.2) is 0 Å². The van der Waals surface area contributed by atoms with Crippen LogP contribution >= 0.6 is 11.8 Å². The Kier molecular flexibility index (Phi) is 10.4. The largest absolute Gasteiger partial charge is 0.391 e. The molecular formula is C21H32N2O2S2. The quantitative estimate of drug-likeness (QED) is 0.410. The summed E-state index contributed by atoms with van der Waals surface area (Å²) in [6, 6.07) is 4.20. The van der Waals surface area contributed by atoms with Crippen molar-refractivity contribution >= 4 is 22.6 Å². The topological polar surface area (TPSA) is 74.0 Å². The van der Waals surface area contributed by atoms with Crippen LogP contribution < -0.4 is 0 Å². The van der Waals surface area contributed by atoms with E-state index in [2.05, 4.69) is 18.0 Å². The minimum absolute atomic E-state index is 0.314. The Hall–Kier alpha value is -0.900. The van der Waals surface area contributed by atoms with Crippen LogP contribution in [0.2, 0.25) is 0 Å². The molecule has 1 N–H and O–H groups in total. The molecule has 1 aliphatic rings. The van der Waals surface area contributed by atoms with E-state index in [0.29, 0.717) is 27.8 Å². The highest BCUT2D eigenvalue weighted by atomic mass is 32.2. The number of aromatic nitrogens is 1. The molecule has 1 aliphatic carbocycles. The number of aliphatic hydroxyl groups is 1. The predicted octanol–water partition coefficient (Wildman–Crippen LogP) is 4.39. The zero-order valence-electron chi connectivity index (χ0n) is 16.4. The molecule has 0 aliphatic heterocycles. The van der Waals surface area contributed by atoms with Crippen molar-refractivity contribution in [3.05, 3.63) is 22.9 Å². The van der Waals surface area contributed by atoms with Gasteiger partial charge in [-0.05, 0) is 43.7 Å². The molecular weight excluding hydrogens is 376 g/mol. The minimum Gasteiger partial charge on any atom is -0.391 e. The molecule has 0 saturated heterocycles. The molecule has 2 rings (SSSR count). The lowest BCUT2D eigenvalue weighted by Gasteiger charge is -2.17. The highest BCUT2D eigenvalue weighted by Gasteiger charge is 2.17. The molecule has 1 heterocycles. The van der Waals surface area contributed by atoms with E-state index in [0.717, 1.165) is 44.2 Å². The summed E-state index contributed by atoms with van der Waals surface area (Å²) in [7, 11) is -0.973. The lowest BCUT2D eigenvalue weighted by molar-refractivity contribution is 0.224. The van der Waals surface area contributed by atoms with Crippen LogP contribution in [-0.4, -0.2) is 37.7 Å². The zero-order valence-corrected chi connectivity index (χ0v) is 18.0. The number of aryl methyl sites for hydroxylation is 2. The summed E-state index contributed by atoms with van der Waals surface area (Å²) in [5.74, 6) is 1.42. The van der Waals surface area contributed by atoms with E-state index in [9.17, 15) is 14.6 Å². The van der Waals surface area contributed by atoms with Gasteiger partial charge in [0.2, 0.25) is 0 Å². The fraction of sp³-hybridized carbons (Fsp3) is 0.714. The maximum Gasteiger partial charge on any atom is 0.114 e. The molecule has 0 fully saturated rings. The number of nitrogens with zero attached hydrogens (tertiary/aromatic N) is 2. The van der Waals surface area contributed by atoms with E-state index >= 15 is 0 Å². The van der Waals surface area contributed by atoms with Gasteiger partial charge in [-0.15, -0.1) is 11.8 Å². The maximum absolute atomic E-state index is 12.1. The van der Waals surface area contributed by atoms with Gasteiger partial charge in [0.05, 0.1) is 17.4 Å². The average Bonchev–Trinajstić information content (AvgIpc) is 2.68. The number of hydrogen-bond donors (Lipinski definition) is 1. The second-order valence-corrected chi connectivity index (χ2v) is 9.94. The number of fused-ring (bicyclic) bond motifs is 1. The lowest BCUT2D eigenvalue weighted by Crippen LogP contribution is -2.21. The second-order valence-electron chi connectivity index (χ2n) is 7.31. The van der Waals surface area contributed by atoms with Crippen molar-refractivity contribution in [2.45, 2.75) is 82.3 Å². The summed E-state index contributed by atoms with van der Waals surface area (Å²) >= 11 is 1.41. The van der Waals surface area contributed by atoms with Gasteiger partial charge in [0.1, 0.15) is 11.1 Å². The smallest absolute Gasteiger partial charge is 0.114 e. The normalized spacial score (nSPS) is 15.7. The van der Waals surface area contributed by atoms with Crippen molar-refractivity contribution < 1.29 is 9.32 Å². The first-order valence-corrected chi connectivity index (χ1v) is 12.7. The van der Waals surface area contributed by atoms with E-state index in [1.807, 2.05) is 6.07 Å². The summed E-state index contributed by atoms with van der Waals surface area (Å²) in [6.45, 7) is 2.20. The fourth-order valence-corrected chi connectivity index (χ4v) is 5.66. The number of thioether (sulfide) groups is 1. The molecule has 6 heteroatoms. The van der Waals surface area contributed by atoms with Gasteiger partial charge in [0, 0.05) is 28.0 Å². The number of unbranched alkanes of at least 4 members (excludes halogenated alkanes) is 5. The second kappa shape index (κ2) is 12.5. The standard InChI is InChI=1S/C21H32N2O2S2/c1-2-3-4-5-6-9-12-27(25)16-19(24)15-26-21-18(14-22)13-17-10-7-8-11-20(17)23-21/h13,19,24H,2-12,15-16H2,1H3. The molecule has 0 saturated carbocycles. The predicted molar refractivity (Wildman–Crippen MR) is 114 cm³/mol. The van der Waals surface area contributed by atoms with Crippen molar-refractivity contribution in [3.63, 3.8) is 0 Å². The number of aliphatic hydroxyl groups excluding tert-OH is 1. The zero-order chi connectivity index (χ0) is 19.5. The number of pyridine rings is 1. The molecule has 0 amide bonds. The SMILES string of the molecule is CCCCCCCCS(=O)CC(O)CSc1nc2c(cc1C#N)CCCC2. The van der Waals surface area contributed by atoms with Crippen molar-refractivity contribution in [3.8, 4) is 6.07 Å². The first-order valence-electron chi connectivity index (χ1n) is 10.2. The van der Waals surface area contributed by atoms with Crippen molar-refractivity contribution in [1.82, 2.24) is 4.98 Å². The molecule has 0 aromatic carbocycles. The van der Waals surface area contributed by atoms with E-state index < -0.39 is 16.9 Å². The number of rotatable bonds is 12. The molecule has 150 valence electrons. The van der Waals surface area contributed by atoms with Crippen LogP contribution in [0, 0.1) is 11.3 Å². The van der Waals surface area contributed by atoms with Crippen molar-refractivity contribution in [2.75, 3.05) is 17.3 Å². The number of nitriles is 1. The number of hydrogen-bond acceptors (Lipinski definition) is 5. The Morgan fingerprint density at radius 3 is 2.78 bits per heavy atom. The third-order valence-corrected chi connectivity index (χ3v) is 7.54. The van der Waals surface area contributed by atoms with Crippen LogP contribution in [0.5, 0.6) is 0 Å². The van der Waals surface area contributed by atoms with Gasteiger partial charge < -0.3 is 5.11 Å². The van der Waals surface area contributed by atoms with Gasteiger partial charge in [0.25, 0.3) is 0 Å². The highest BCUT2D eigenvalue weighted by Crippen LogP contribution is 2.27. The third kappa shape index (κ3) is 7.93. The van der Waals surface area contributed by atoms with E-state index in [4.69, 9.17) is 0 Å². The Morgan fingerprint density at radius 2 is 2.00 bits per heavy atom. The molecule has 0 radical (unpaired) electrons. The van der Waals surface area contributed by atoms with Crippen molar-refractivity contribution in [1.29, 1.82) is 5.26 Å². The summed E-state index contributed by atoms with van der Waals surface area (Å²) < 4.78 is 12.1. The first-order chi connectivity index (χ1) is 13.1. The van der Waals surface area contributed by atoms with Gasteiger partial charge in [-0.2, -0.15) is 5.26 Å². The highest BCUT2D eigenvalue weighted by molar-refractivity contribution is 7.99. The van der Waals surface area contributed by atoms with Crippen LogP contribution in [0.25, 0.3) is 0 Å². The van der Waals surface area contributed by atoms with E-state index in [-0.39, 0.29) is 0 Å². The van der Waals surface area contributed by atoms with Crippen molar-refractivity contribution in [2.24, 2.45) is 0 Å². The van der Waals surface area contributed by atoms with Gasteiger partial charge >= 0.3 is 0 Å². The summed E-state index contributed by atoms with van der Waals surface area (Å²) in [5, 5.41) is 20.3. The lowest BCUT2D eigenvalue weighted by atomic mass is 9.95. The molecule has 0 bridgehead atoms. The molecule has 1 aromatic heterocycles. The minimum atomic E-state index is -0.973. The van der Waals surface area contributed by atoms with E-state index in [1.54, 1.807) is 0 Å². The van der Waals surface area contributed by atoms with Crippen LogP contribution in [0.1, 0.15) is 75.1 Å². The molecule has 27 heavy (non-hydrogen) atoms. The Labute approximate surface area is 170 Å².